The van der Waals surface area contributed by atoms with Gasteiger partial charge < -0.3 is 5.32 Å². The topological polar surface area (TPSA) is 66.5 Å². The van der Waals surface area contributed by atoms with Crippen molar-refractivity contribution in [1.82, 2.24) is 0 Å². The molecule has 3 aromatic carbocycles. The molecule has 1 amide bonds. The van der Waals surface area contributed by atoms with Crippen molar-refractivity contribution in [2.45, 2.75) is 24.2 Å². The maximum Gasteiger partial charge on any atom is 0.264 e. The predicted molar refractivity (Wildman–Crippen MR) is 117 cm³/mol. The predicted octanol–water partition coefficient (Wildman–Crippen LogP) is 4.64. The molecular weight excluding hydrogens is 384 g/mol. The number of rotatable bonds is 7. The van der Waals surface area contributed by atoms with Crippen LogP contribution in [0.25, 0.3) is 0 Å². The molecule has 3 aromatic rings. The summed E-state index contributed by atoms with van der Waals surface area (Å²) in [6, 6.07) is 24.7. The summed E-state index contributed by atoms with van der Waals surface area (Å²) in [6.07, 6.45) is 0.643. The van der Waals surface area contributed by atoms with E-state index in [1.165, 1.54) is 23.5 Å². The van der Waals surface area contributed by atoms with Crippen LogP contribution in [0, 0.1) is 0 Å². The van der Waals surface area contributed by atoms with Gasteiger partial charge in [-0.25, -0.2) is 8.42 Å². The van der Waals surface area contributed by atoms with Gasteiger partial charge in [0.15, 0.2) is 0 Å². The average Bonchev–Trinajstić information content (AvgIpc) is 2.75. The zero-order chi connectivity index (χ0) is 20.9. The van der Waals surface area contributed by atoms with E-state index in [-0.39, 0.29) is 16.7 Å². The largest absolute Gasteiger partial charge is 0.326 e. The van der Waals surface area contributed by atoms with E-state index >= 15 is 0 Å². The first-order chi connectivity index (χ1) is 13.9. The fraction of sp³-hybridized carbons (Fsp3) is 0.174. The van der Waals surface area contributed by atoms with Gasteiger partial charge in [0.1, 0.15) is 0 Å². The minimum Gasteiger partial charge on any atom is -0.326 e. The Labute approximate surface area is 172 Å². The monoisotopic (exact) mass is 408 g/mol. The molecule has 0 heterocycles. The number of para-hydroxylation sites is 1. The van der Waals surface area contributed by atoms with Crippen LogP contribution in [-0.4, -0.2) is 21.4 Å². The van der Waals surface area contributed by atoms with E-state index < -0.39 is 10.0 Å². The van der Waals surface area contributed by atoms with Crippen molar-refractivity contribution in [3.05, 3.63) is 90.5 Å². The molecule has 0 spiro atoms. The van der Waals surface area contributed by atoms with E-state index in [1.54, 1.807) is 36.4 Å². The van der Waals surface area contributed by atoms with Crippen LogP contribution in [0.2, 0.25) is 0 Å². The molecule has 0 aliphatic carbocycles. The van der Waals surface area contributed by atoms with E-state index in [0.717, 1.165) is 5.56 Å². The van der Waals surface area contributed by atoms with Crippen molar-refractivity contribution >= 4 is 27.3 Å². The van der Waals surface area contributed by atoms with Gasteiger partial charge in [0.05, 0.1) is 16.5 Å². The van der Waals surface area contributed by atoms with Gasteiger partial charge in [-0.1, -0.05) is 61.5 Å². The van der Waals surface area contributed by atoms with Crippen LogP contribution in [0.1, 0.15) is 24.8 Å². The van der Waals surface area contributed by atoms with Crippen molar-refractivity contribution in [2.24, 2.45) is 0 Å². The molecule has 150 valence electrons. The number of anilines is 2. The number of hydrogen-bond donors (Lipinski definition) is 1. The second-order valence-corrected chi connectivity index (χ2v) is 8.67. The average molecular weight is 409 g/mol. The second kappa shape index (κ2) is 8.92. The van der Waals surface area contributed by atoms with Gasteiger partial charge in [-0.3, -0.25) is 9.10 Å². The molecule has 0 aliphatic rings. The standard InChI is InChI=1S/C23H24N2O3S/c1-3-22(18-11-6-4-7-12-18)23(26)24-19-13-10-16-21(17-19)29(27,28)25(2)20-14-8-5-9-15-20/h4-17,22H,3H2,1-2H3,(H,24,26)/t22-/m0/s1. The Bertz CT molecular complexity index is 1070. The maximum atomic E-state index is 13.0. The Morgan fingerprint density at radius 3 is 2.17 bits per heavy atom. The maximum absolute atomic E-state index is 13.0. The van der Waals surface area contributed by atoms with Gasteiger partial charge in [0, 0.05) is 12.7 Å². The summed E-state index contributed by atoms with van der Waals surface area (Å²) in [7, 11) is -2.23. The second-order valence-electron chi connectivity index (χ2n) is 6.70. The van der Waals surface area contributed by atoms with E-state index in [9.17, 15) is 13.2 Å². The molecule has 0 bridgehead atoms. The van der Waals surface area contributed by atoms with Crippen molar-refractivity contribution in [1.29, 1.82) is 0 Å². The highest BCUT2D eigenvalue weighted by molar-refractivity contribution is 7.92. The number of hydrogen-bond acceptors (Lipinski definition) is 3. The van der Waals surface area contributed by atoms with Crippen LogP contribution in [0.3, 0.4) is 0 Å². The van der Waals surface area contributed by atoms with Gasteiger partial charge >= 0.3 is 0 Å². The van der Waals surface area contributed by atoms with Crippen LogP contribution in [0.15, 0.2) is 89.8 Å². The molecule has 0 saturated heterocycles. The fourth-order valence-electron chi connectivity index (χ4n) is 3.16. The van der Waals surface area contributed by atoms with Crippen LogP contribution in [0.4, 0.5) is 11.4 Å². The Hall–Kier alpha value is -3.12. The SMILES string of the molecule is CC[C@H](C(=O)Nc1cccc(S(=O)(=O)N(C)c2ccccc2)c1)c1ccccc1. The number of carbonyl (C=O) groups is 1. The molecule has 6 heteroatoms. The van der Waals surface area contributed by atoms with Gasteiger partial charge in [-0.2, -0.15) is 0 Å². The number of carbonyl (C=O) groups excluding carboxylic acids is 1. The first-order valence-corrected chi connectivity index (χ1v) is 10.9. The van der Waals surface area contributed by atoms with Gasteiger partial charge in [0.2, 0.25) is 5.91 Å². The molecule has 0 unspecified atom stereocenters. The van der Waals surface area contributed by atoms with Gasteiger partial charge in [-0.15, -0.1) is 0 Å². The lowest BCUT2D eigenvalue weighted by Crippen LogP contribution is -2.26. The third-order valence-corrected chi connectivity index (χ3v) is 6.59. The third kappa shape index (κ3) is 4.66. The lowest BCUT2D eigenvalue weighted by Gasteiger charge is -2.20. The molecule has 5 nitrogen and oxygen atoms in total. The first kappa shape index (κ1) is 20.6. The van der Waals surface area contributed by atoms with E-state index in [1.807, 2.05) is 43.3 Å². The van der Waals surface area contributed by atoms with Crippen molar-refractivity contribution < 1.29 is 13.2 Å². The smallest absolute Gasteiger partial charge is 0.264 e. The number of amides is 1. The molecule has 0 aromatic heterocycles. The van der Waals surface area contributed by atoms with E-state index in [2.05, 4.69) is 5.32 Å². The van der Waals surface area contributed by atoms with Gasteiger partial charge in [-0.05, 0) is 42.3 Å². The molecule has 0 saturated carbocycles. The first-order valence-electron chi connectivity index (χ1n) is 9.43. The van der Waals surface area contributed by atoms with Crippen molar-refractivity contribution in [3.63, 3.8) is 0 Å². The zero-order valence-electron chi connectivity index (χ0n) is 16.4. The van der Waals surface area contributed by atoms with Crippen LogP contribution >= 0.6 is 0 Å². The van der Waals surface area contributed by atoms with Gasteiger partial charge in [0.25, 0.3) is 10.0 Å². The van der Waals surface area contributed by atoms with Crippen molar-refractivity contribution in [3.8, 4) is 0 Å². The number of benzene rings is 3. The van der Waals surface area contributed by atoms with E-state index in [4.69, 9.17) is 0 Å². The molecule has 3 rings (SSSR count). The Morgan fingerprint density at radius 2 is 1.55 bits per heavy atom. The summed E-state index contributed by atoms with van der Waals surface area (Å²) < 4.78 is 27.2. The minimum atomic E-state index is -3.75. The molecule has 0 fully saturated rings. The molecule has 29 heavy (non-hydrogen) atoms. The molecule has 1 N–H and O–H groups in total. The number of nitrogens with one attached hydrogen (secondary N) is 1. The summed E-state index contributed by atoms with van der Waals surface area (Å²) in [4.78, 5) is 12.9. The lowest BCUT2D eigenvalue weighted by molar-refractivity contribution is -0.117. The number of sulfonamides is 1. The van der Waals surface area contributed by atoms with Crippen LogP contribution in [-0.2, 0) is 14.8 Å². The van der Waals surface area contributed by atoms with Crippen LogP contribution < -0.4 is 9.62 Å². The molecule has 1 atom stereocenters. The normalized spacial score (nSPS) is 12.2. The highest BCUT2D eigenvalue weighted by atomic mass is 32.2. The summed E-state index contributed by atoms with van der Waals surface area (Å²) in [6.45, 7) is 1.95. The quantitative estimate of drug-likeness (QED) is 0.619. The summed E-state index contributed by atoms with van der Waals surface area (Å²) in [5, 5.41) is 2.86. The molecule has 0 aliphatic heterocycles. The Kier molecular flexibility index (Phi) is 6.34. The molecule has 0 radical (unpaired) electrons. The Morgan fingerprint density at radius 1 is 0.931 bits per heavy atom. The fourth-order valence-corrected chi connectivity index (χ4v) is 4.40. The van der Waals surface area contributed by atoms with E-state index in [0.29, 0.717) is 17.8 Å². The Balaban J connectivity index is 1.83. The highest BCUT2D eigenvalue weighted by Crippen LogP contribution is 2.25. The minimum absolute atomic E-state index is 0.120. The zero-order valence-corrected chi connectivity index (χ0v) is 17.3. The highest BCUT2D eigenvalue weighted by Gasteiger charge is 2.23. The molecular formula is C23H24N2O3S. The summed E-state index contributed by atoms with van der Waals surface area (Å²) in [5.74, 6) is -0.465. The van der Waals surface area contributed by atoms with Crippen LogP contribution in [0.5, 0.6) is 0 Å². The summed E-state index contributed by atoms with van der Waals surface area (Å²) in [5.41, 5.74) is 1.95. The lowest BCUT2D eigenvalue weighted by atomic mass is 9.95. The third-order valence-electron chi connectivity index (χ3n) is 4.81. The number of nitrogens with zero attached hydrogens (tertiary/aromatic N) is 1. The van der Waals surface area contributed by atoms with Crippen molar-refractivity contribution in [2.75, 3.05) is 16.7 Å². The summed E-state index contributed by atoms with van der Waals surface area (Å²) >= 11 is 0.